The fourth-order valence-corrected chi connectivity index (χ4v) is 4.52. The van der Waals surface area contributed by atoms with E-state index in [4.69, 9.17) is 9.15 Å². The zero-order chi connectivity index (χ0) is 21.4. The number of benzene rings is 1. The topological polar surface area (TPSA) is 106 Å². The highest BCUT2D eigenvalue weighted by atomic mass is 32.2. The van der Waals surface area contributed by atoms with Gasteiger partial charge in [-0.25, -0.2) is 0 Å². The Balaban J connectivity index is 1.87. The first kappa shape index (κ1) is 20.2. The zero-order valence-electron chi connectivity index (χ0n) is 16.3. The molecule has 1 N–H and O–H groups in total. The predicted molar refractivity (Wildman–Crippen MR) is 112 cm³/mol. The van der Waals surface area contributed by atoms with E-state index in [2.05, 4.69) is 10.2 Å². The number of nitrogens with zero attached hydrogens (tertiary/aromatic N) is 3. The number of thioether (sulfide) groups is 1. The van der Waals surface area contributed by atoms with E-state index in [1.54, 1.807) is 37.3 Å². The molecule has 0 radical (unpaired) electrons. The molecular weight excluding hydrogens is 426 g/mol. The number of Topliss-reactive ketones (excluding diaryl/α,β-unsaturated/α-hetero) is 1. The molecule has 1 amide bonds. The molecule has 0 saturated carbocycles. The molecule has 0 fully saturated rings. The molecule has 0 saturated heterocycles. The zero-order valence-corrected chi connectivity index (χ0v) is 17.9. The summed E-state index contributed by atoms with van der Waals surface area (Å²) < 4.78 is 11.4. The number of aliphatic hydroxyl groups excluding tert-OH is 1. The van der Waals surface area contributed by atoms with Gasteiger partial charge in [-0.15, -0.1) is 10.2 Å². The summed E-state index contributed by atoms with van der Waals surface area (Å²) in [6.07, 6.45) is 1.85. The van der Waals surface area contributed by atoms with Gasteiger partial charge in [0.2, 0.25) is 10.9 Å². The lowest BCUT2D eigenvalue weighted by Gasteiger charge is -2.24. The molecule has 154 valence electrons. The minimum atomic E-state index is -0.909. The number of carbonyl (C=O) groups is 2. The minimum absolute atomic E-state index is 0.0404. The summed E-state index contributed by atoms with van der Waals surface area (Å²) in [6, 6.07) is 9.22. The molecule has 1 aliphatic rings. The lowest BCUT2D eigenvalue weighted by molar-refractivity contribution is -0.117. The maximum Gasteiger partial charge on any atom is 0.296 e. The molecule has 1 aromatic carbocycles. The van der Waals surface area contributed by atoms with Crippen LogP contribution in [0.5, 0.6) is 5.75 Å². The molecule has 0 unspecified atom stereocenters. The van der Waals surface area contributed by atoms with Crippen LogP contribution >= 0.6 is 23.1 Å². The van der Waals surface area contributed by atoms with Gasteiger partial charge in [-0.2, -0.15) is 0 Å². The summed E-state index contributed by atoms with van der Waals surface area (Å²) >= 11 is 2.59. The smallest absolute Gasteiger partial charge is 0.296 e. The van der Waals surface area contributed by atoms with Crippen LogP contribution < -0.4 is 9.64 Å². The Morgan fingerprint density at radius 1 is 1.30 bits per heavy atom. The molecular formula is C20H17N3O5S2. The van der Waals surface area contributed by atoms with Gasteiger partial charge in [-0.3, -0.25) is 14.5 Å². The molecule has 0 bridgehead atoms. The Bertz CT molecular complexity index is 1170. The van der Waals surface area contributed by atoms with Crippen LogP contribution in [0.3, 0.4) is 0 Å². The monoisotopic (exact) mass is 443 g/mol. The van der Waals surface area contributed by atoms with Crippen LogP contribution in [0.1, 0.15) is 27.9 Å². The second-order valence-corrected chi connectivity index (χ2v) is 8.42. The van der Waals surface area contributed by atoms with Gasteiger partial charge in [-0.05, 0) is 43.0 Å². The molecule has 3 aromatic rings. The van der Waals surface area contributed by atoms with Crippen molar-refractivity contribution in [3.8, 4) is 5.75 Å². The van der Waals surface area contributed by atoms with Crippen LogP contribution in [-0.4, -0.2) is 40.4 Å². The van der Waals surface area contributed by atoms with Crippen molar-refractivity contribution in [3.05, 3.63) is 64.8 Å². The normalized spacial score (nSPS) is 16.4. The third-order valence-electron chi connectivity index (χ3n) is 4.60. The van der Waals surface area contributed by atoms with Crippen LogP contribution in [0.4, 0.5) is 5.13 Å². The largest absolute Gasteiger partial charge is 0.503 e. The molecule has 0 spiro atoms. The fourth-order valence-electron chi connectivity index (χ4n) is 3.23. The van der Waals surface area contributed by atoms with E-state index < -0.39 is 23.5 Å². The van der Waals surface area contributed by atoms with Crippen LogP contribution in [0.25, 0.3) is 0 Å². The van der Waals surface area contributed by atoms with E-state index in [0.717, 1.165) is 0 Å². The molecule has 2 aromatic heterocycles. The number of aryl methyl sites for hydroxylation is 1. The van der Waals surface area contributed by atoms with Crippen LogP contribution in [0.15, 0.2) is 56.5 Å². The first-order chi connectivity index (χ1) is 14.4. The number of furan rings is 1. The fraction of sp³-hybridized carbons (Fsp3) is 0.200. The highest BCUT2D eigenvalue weighted by Gasteiger charge is 2.46. The molecule has 1 atom stereocenters. The number of ether oxygens (including phenoxy) is 1. The van der Waals surface area contributed by atoms with Gasteiger partial charge in [0.25, 0.3) is 5.91 Å². The second-order valence-electron chi connectivity index (χ2n) is 6.41. The maximum atomic E-state index is 13.2. The summed E-state index contributed by atoms with van der Waals surface area (Å²) in [4.78, 5) is 27.5. The number of amides is 1. The van der Waals surface area contributed by atoms with Crippen LogP contribution in [0.2, 0.25) is 0 Å². The number of aliphatic hydroxyl groups is 1. The van der Waals surface area contributed by atoms with Gasteiger partial charge in [0.05, 0.1) is 18.7 Å². The van der Waals surface area contributed by atoms with Gasteiger partial charge in [-0.1, -0.05) is 35.2 Å². The lowest BCUT2D eigenvalue weighted by Crippen LogP contribution is -2.31. The summed E-state index contributed by atoms with van der Waals surface area (Å²) in [6.45, 7) is 1.71. The van der Waals surface area contributed by atoms with E-state index in [1.807, 2.05) is 6.26 Å². The molecule has 0 aliphatic carbocycles. The Hall–Kier alpha value is -3.11. The number of anilines is 1. The number of aromatic nitrogens is 2. The minimum Gasteiger partial charge on any atom is -0.503 e. The quantitative estimate of drug-likeness (QED) is 0.347. The molecule has 10 heteroatoms. The van der Waals surface area contributed by atoms with Gasteiger partial charge >= 0.3 is 0 Å². The predicted octanol–water partition coefficient (Wildman–Crippen LogP) is 3.95. The van der Waals surface area contributed by atoms with E-state index >= 15 is 0 Å². The summed E-state index contributed by atoms with van der Waals surface area (Å²) in [5.41, 5.74) is 0.503. The van der Waals surface area contributed by atoms with E-state index in [1.165, 1.54) is 41.2 Å². The first-order valence-electron chi connectivity index (χ1n) is 8.84. The molecule has 4 rings (SSSR count). The van der Waals surface area contributed by atoms with Crippen molar-refractivity contribution in [3.63, 3.8) is 0 Å². The van der Waals surface area contributed by atoms with Crippen molar-refractivity contribution in [2.75, 3.05) is 18.3 Å². The molecule has 1 aliphatic heterocycles. The van der Waals surface area contributed by atoms with Crippen molar-refractivity contribution in [2.45, 2.75) is 17.3 Å². The van der Waals surface area contributed by atoms with Crippen molar-refractivity contribution in [1.82, 2.24) is 10.2 Å². The molecule has 3 heterocycles. The Kier molecular flexibility index (Phi) is 5.35. The maximum absolute atomic E-state index is 13.2. The van der Waals surface area contributed by atoms with E-state index in [9.17, 15) is 14.7 Å². The van der Waals surface area contributed by atoms with Crippen molar-refractivity contribution < 1.29 is 23.8 Å². The molecule has 30 heavy (non-hydrogen) atoms. The van der Waals surface area contributed by atoms with E-state index in [0.29, 0.717) is 21.4 Å². The average Bonchev–Trinajstić information content (AvgIpc) is 3.46. The number of carbonyl (C=O) groups excluding carboxylic acids is 2. The van der Waals surface area contributed by atoms with Crippen LogP contribution in [-0.2, 0) is 4.79 Å². The number of ketones is 1. The average molecular weight is 444 g/mol. The van der Waals surface area contributed by atoms with Gasteiger partial charge < -0.3 is 14.3 Å². The highest BCUT2D eigenvalue weighted by molar-refractivity contribution is 8.00. The third-order valence-corrected chi connectivity index (χ3v) is 6.50. The Morgan fingerprint density at radius 3 is 2.73 bits per heavy atom. The summed E-state index contributed by atoms with van der Waals surface area (Å²) in [5.74, 6) is -0.793. The SMILES string of the molecule is COc1cccc([C@@H]2C(C(=O)c3ccc(C)o3)=C(O)C(=O)N2c2nnc(SC)s2)c1. The van der Waals surface area contributed by atoms with Crippen molar-refractivity contribution in [2.24, 2.45) is 0 Å². The Morgan fingerprint density at radius 2 is 2.10 bits per heavy atom. The van der Waals surface area contributed by atoms with Gasteiger partial charge in [0.15, 0.2) is 15.9 Å². The van der Waals surface area contributed by atoms with Crippen LogP contribution in [0, 0.1) is 6.92 Å². The number of methoxy groups -OCH3 is 1. The number of hydrogen-bond acceptors (Lipinski definition) is 9. The first-order valence-corrected chi connectivity index (χ1v) is 10.9. The second kappa shape index (κ2) is 7.96. The highest BCUT2D eigenvalue weighted by Crippen LogP contribution is 2.44. The summed E-state index contributed by atoms with van der Waals surface area (Å²) in [5, 5.41) is 19.1. The third kappa shape index (κ3) is 3.37. The standard InChI is InChI=1S/C20H17N3O5S2/c1-10-7-8-13(28-10)16(24)14-15(11-5-4-6-12(9-11)27-2)23(18(26)17(14)25)19-21-22-20(29-3)30-19/h4-9,15,25H,1-3H3/t15-/m1/s1. The van der Waals surface area contributed by atoms with Crippen molar-refractivity contribution >= 4 is 39.9 Å². The Labute approximate surface area is 180 Å². The van der Waals surface area contributed by atoms with Gasteiger partial charge in [0, 0.05) is 0 Å². The number of hydrogen-bond donors (Lipinski definition) is 1. The van der Waals surface area contributed by atoms with Gasteiger partial charge in [0.1, 0.15) is 11.5 Å². The van der Waals surface area contributed by atoms with E-state index in [-0.39, 0.29) is 16.5 Å². The lowest BCUT2D eigenvalue weighted by atomic mass is 9.95. The molecule has 8 nitrogen and oxygen atoms in total. The number of rotatable bonds is 6. The summed E-state index contributed by atoms with van der Waals surface area (Å²) in [7, 11) is 1.52. The van der Waals surface area contributed by atoms with Crippen molar-refractivity contribution in [1.29, 1.82) is 0 Å².